The van der Waals surface area contributed by atoms with Gasteiger partial charge in [0, 0.05) is 10.7 Å². The average molecular weight is 331 g/mol. The molecule has 1 atom stereocenters. The van der Waals surface area contributed by atoms with Gasteiger partial charge in [0.15, 0.2) is 0 Å². The quantitative estimate of drug-likeness (QED) is 0.652. The molecule has 0 saturated carbocycles. The van der Waals surface area contributed by atoms with Gasteiger partial charge in [-0.3, -0.25) is 9.59 Å². The van der Waals surface area contributed by atoms with Gasteiger partial charge in [0.1, 0.15) is 6.29 Å². The van der Waals surface area contributed by atoms with Gasteiger partial charge in [0.2, 0.25) is 0 Å². The number of amides is 2. The molecule has 0 radical (unpaired) electrons. The van der Waals surface area contributed by atoms with Crippen molar-refractivity contribution >= 4 is 35.4 Å². The zero-order chi connectivity index (χ0) is 16.7. The molecule has 2 N–H and O–H groups in total. The number of anilines is 1. The van der Waals surface area contributed by atoms with Crippen LogP contribution in [0.1, 0.15) is 5.56 Å². The summed E-state index contributed by atoms with van der Waals surface area (Å²) >= 11 is 5.74. The van der Waals surface area contributed by atoms with E-state index in [-0.39, 0.29) is 0 Å². The Balaban J connectivity index is 1.92. The highest BCUT2D eigenvalue weighted by Crippen LogP contribution is 2.13. The topological polar surface area (TPSA) is 75.3 Å². The van der Waals surface area contributed by atoms with E-state index in [1.165, 1.54) is 0 Å². The van der Waals surface area contributed by atoms with Crippen LogP contribution < -0.4 is 10.6 Å². The zero-order valence-electron chi connectivity index (χ0n) is 12.2. The second-order valence-corrected chi connectivity index (χ2v) is 5.30. The van der Waals surface area contributed by atoms with Crippen molar-refractivity contribution in [3.63, 3.8) is 0 Å². The first kappa shape index (κ1) is 16.7. The summed E-state index contributed by atoms with van der Waals surface area (Å²) in [6.07, 6.45) is 0.935. The predicted molar refractivity (Wildman–Crippen MR) is 88.2 cm³/mol. The first-order valence-corrected chi connectivity index (χ1v) is 7.33. The van der Waals surface area contributed by atoms with E-state index in [4.69, 9.17) is 11.6 Å². The van der Waals surface area contributed by atoms with Gasteiger partial charge in [-0.25, -0.2) is 0 Å². The lowest BCUT2D eigenvalue weighted by atomic mass is 10.1. The van der Waals surface area contributed by atoms with Crippen LogP contribution in [-0.4, -0.2) is 24.1 Å². The molecule has 2 aromatic carbocycles. The van der Waals surface area contributed by atoms with E-state index >= 15 is 0 Å². The van der Waals surface area contributed by atoms with Gasteiger partial charge < -0.3 is 15.4 Å². The Labute approximate surface area is 138 Å². The minimum absolute atomic E-state index is 0.324. The third-order valence-corrected chi connectivity index (χ3v) is 3.34. The molecule has 0 heterocycles. The van der Waals surface area contributed by atoms with Gasteiger partial charge in [-0.15, -0.1) is 0 Å². The SMILES string of the molecule is O=CC(Cc1ccccc1)NC(=O)C(=O)Nc1ccc(Cl)cc1. The third kappa shape index (κ3) is 5.23. The predicted octanol–water partition coefficient (Wildman–Crippen LogP) is 2.20. The van der Waals surface area contributed by atoms with E-state index in [9.17, 15) is 14.4 Å². The fourth-order valence-corrected chi connectivity index (χ4v) is 2.08. The smallest absolute Gasteiger partial charge is 0.313 e. The number of halogens is 1. The summed E-state index contributed by atoms with van der Waals surface area (Å²) in [6.45, 7) is 0. The molecule has 0 aliphatic carbocycles. The Kier molecular flexibility index (Phi) is 5.88. The summed E-state index contributed by atoms with van der Waals surface area (Å²) in [5.41, 5.74) is 1.34. The molecule has 118 valence electrons. The Hall–Kier alpha value is -2.66. The summed E-state index contributed by atoms with van der Waals surface area (Å²) in [4.78, 5) is 34.8. The number of nitrogens with one attached hydrogen (secondary N) is 2. The van der Waals surface area contributed by atoms with Gasteiger partial charge in [0.05, 0.1) is 6.04 Å². The summed E-state index contributed by atoms with van der Waals surface area (Å²) in [6, 6.07) is 14.8. The van der Waals surface area contributed by atoms with Gasteiger partial charge in [-0.1, -0.05) is 41.9 Å². The lowest BCUT2D eigenvalue weighted by Gasteiger charge is -2.12. The molecular weight excluding hydrogens is 316 g/mol. The summed E-state index contributed by atoms with van der Waals surface area (Å²) in [5, 5.41) is 5.36. The number of hydrogen-bond acceptors (Lipinski definition) is 3. The normalized spacial score (nSPS) is 11.3. The molecule has 23 heavy (non-hydrogen) atoms. The van der Waals surface area contributed by atoms with Gasteiger partial charge in [-0.05, 0) is 36.2 Å². The third-order valence-electron chi connectivity index (χ3n) is 3.09. The first-order valence-electron chi connectivity index (χ1n) is 6.95. The molecule has 0 spiro atoms. The maximum absolute atomic E-state index is 11.9. The second kappa shape index (κ2) is 8.10. The Morgan fingerprint density at radius 3 is 2.26 bits per heavy atom. The molecule has 2 amide bonds. The average Bonchev–Trinajstić information content (AvgIpc) is 2.57. The van der Waals surface area contributed by atoms with E-state index in [0.717, 1.165) is 5.56 Å². The van der Waals surface area contributed by atoms with E-state index in [0.29, 0.717) is 23.4 Å². The second-order valence-electron chi connectivity index (χ2n) is 4.87. The molecule has 2 aromatic rings. The molecule has 0 saturated heterocycles. The van der Waals surface area contributed by atoms with Crippen LogP contribution in [0.2, 0.25) is 5.02 Å². The van der Waals surface area contributed by atoms with Crippen LogP contribution in [0.3, 0.4) is 0 Å². The number of carbonyl (C=O) groups excluding carboxylic acids is 3. The maximum atomic E-state index is 11.9. The standard InChI is InChI=1S/C17H15ClN2O3/c18-13-6-8-14(9-7-13)19-16(22)17(23)20-15(11-21)10-12-4-2-1-3-5-12/h1-9,11,15H,10H2,(H,19,22)(H,20,23). The summed E-state index contributed by atoms with van der Waals surface area (Å²) < 4.78 is 0. The zero-order valence-corrected chi connectivity index (χ0v) is 12.9. The van der Waals surface area contributed by atoms with Crippen LogP contribution in [0.25, 0.3) is 0 Å². The highest BCUT2D eigenvalue weighted by atomic mass is 35.5. The van der Waals surface area contributed by atoms with Crippen LogP contribution >= 0.6 is 11.6 Å². The molecule has 0 fully saturated rings. The number of benzene rings is 2. The van der Waals surface area contributed by atoms with Gasteiger partial charge in [0.25, 0.3) is 0 Å². The van der Waals surface area contributed by atoms with E-state index < -0.39 is 17.9 Å². The van der Waals surface area contributed by atoms with Crippen LogP contribution in [-0.2, 0) is 20.8 Å². The Morgan fingerprint density at radius 2 is 1.65 bits per heavy atom. The number of hydrogen-bond donors (Lipinski definition) is 2. The van der Waals surface area contributed by atoms with Crippen molar-refractivity contribution in [3.8, 4) is 0 Å². The minimum Gasteiger partial charge on any atom is -0.338 e. The fraction of sp³-hybridized carbons (Fsp3) is 0.118. The van der Waals surface area contributed by atoms with E-state index in [2.05, 4.69) is 10.6 Å². The highest BCUT2D eigenvalue weighted by Gasteiger charge is 2.18. The molecule has 0 aliphatic rings. The van der Waals surface area contributed by atoms with Gasteiger partial charge in [-0.2, -0.15) is 0 Å². The Bertz CT molecular complexity index is 687. The van der Waals surface area contributed by atoms with Crippen molar-refractivity contribution in [1.29, 1.82) is 0 Å². The molecule has 2 rings (SSSR count). The number of aldehydes is 1. The molecule has 0 bridgehead atoms. The molecule has 1 unspecified atom stereocenters. The Morgan fingerprint density at radius 1 is 1.00 bits per heavy atom. The molecule has 5 nitrogen and oxygen atoms in total. The van der Waals surface area contributed by atoms with Crippen molar-refractivity contribution in [2.75, 3.05) is 5.32 Å². The lowest BCUT2D eigenvalue weighted by molar-refractivity contribution is -0.137. The monoisotopic (exact) mass is 330 g/mol. The molecule has 6 heteroatoms. The van der Waals surface area contributed by atoms with Crippen molar-refractivity contribution in [2.24, 2.45) is 0 Å². The number of carbonyl (C=O) groups is 3. The van der Waals surface area contributed by atoms with E-state index in [1.807, 2.05) is 30.3 Å². The molecule has 0 aromatic heterocycles. The van der Waals surface area contributed by atoms with Crippen LogP contribution in [0.15, 0.2) is 54.6 Å². The number of rotatable bonds is 5. The first-order chi connectivity index (χ1) is 11.1. The molecule has 0 aliphatic heterocycles. The minimum atomic E-state index is -0.868. The van der Waals surface area contributed by atoms with Crippen molar-refractivity contribution in [1.82, 2.24) is 5.32 Å². The van der Waals surface area contributed by atoms with Crippen molar-refractivity contribution in [2.45, 2.75) is 12.5 Å². The van der Waals surface area contributed by atoms with Crippen LogP contribution in [0.5, 0.6) is 0 Å². The summed E-state index contributed by atoms with van der Waals surface area (Å²) in [7, 11) is 0. The van der Waals surface area contributed by atoms with Crippen molar-refractivity contribution < 1.29 is 14.4 Å². The molecular formula is C17H15ClN2O3. The van der Waals surface area contributed by atoms with Gasteiger partial charge >= 0.3 is 11.8 Å². The van der Waals surface area contributed by atoms with Crippen LogP contribution in [0.4, 0.5) is 5.69 Å². The largest absolute Gasteiger partial charge is 0.338 e. The van der Waals surface area contributed by atoms with E-state index in [1.54, 1.807) is 24.3 Å². The summed E-state index contributed by atoms with van der Waals surface area (Å²) in [5.74, 6) is -1.71. The van der Waals surface area contributed by atoms with Crippen molar-refractivity contribution in [3.05, 3.63) is 65.2 Å². The fourth-order valence-electron chi connectivity index (χ4n) is 1.96. The van der Waals surface area contributed by atoms with Crippen LogP contribution in [0, 0.1) is 0 Å². The maximum Gasteiger partial charge on any atom is 0.313 e. The highest BCUT2D eigenvalue weighted by molar-refractivity contribution is 6.40. The lowest BCUT2D eigenvalue weighted by Crippen LogP contribution is -2.43.